The lowest BCUT2D eigenvalue weighted by Gasteiger charge is -2.08. The van der Waals surface area contributed by atoms with Crippen molar-refractivity contribution in [1.82, 2.24) is 4.98 Å². The number of rotatable bonds is 2. The summed E-state index contributed by atoms with van der Waals surface area (Å²) in [4.78, 5) is 4.48. The van der Waals surface area contributed by atoms with Crippen molar-refractivity contribution in [3.8, 4) is 0 Å². The van der Waals surface area contributed by atoms with Crippen LogP contribution in [-0.2, 0) is 0 Å². The molecule has 1 fully saturated rings. The molecule has 2 unspecified atom stereocenters. The highest BCUT2D eigenvalue weighted by atomic mass is 32.1. The van der Waals surface area contributed by atoms with E-state index in [-0.39, 0.29) is 0 Å². The fourth-order valence-corrected chi connectivity index (χ4v) is 2.81. The maximum absolute atomic E-state index is 6.03. The van der Waals surface area contributed by atoms with Crippen LogP contribution in [0.3, 0.4) is 0 Å². The van der Waals surface area contributed by atoms with Crippen molar-refractivity contribution < 1.29 is 0 Å². The first-order chi connectivity index (χ1) is 7.63. The van der Waals surface area contributed by atoms with Gasteiger partial charge in [0, 0.05) is 6.04 Å². The molecule has 1 saturated carbocycles. The van der Waals surface area contributed by atoms with Crippen LogP contribution < -0.4 is 11.1 Å². The lowest BCUT2D eigenvalue weighted by molar-refractivity contribution is 0.930. The van der Waals surface area contributed by atoms with E-state index in [1.54, 1.807) is 11.3 Å². The van der Waals surface area contributed by atoms with E-state index in [0.29, 0.717) is 6.04 Å². The van der Waals surface area contributed by atoms with Crippen LogP contribution >= 0.6 is 11.3 Å². The molecule has 0 amide bonds. The summed E-state index contributed by atoms with van der Waals surface area (Å²) >= 11 is 1.69. The molecule has 0 spiro atoms. The number of thiazole rings is 1. The summed E-state index contributed by atoms with van der Waals surface area (Å²) in [5.74, 6) is 0.771. The minimum atomic E-state index is 0.597. The van der Waals surface area contributed by atoms with Gasteiger partial charge in [-0.25, -0.2) is 4.98 Å². The number of nitrogen functional groups attached to an aromatic ring is 1. The second-order valence-electron chi connectivity index (χ2n) is 4.60. The van der Waals surface area contributed by atoms with Crippen LogP contribution in [0, 0.1) is 12.8 Å². The van der Waals surface area contributed by atoms with Gasteiger partial charge in [-0.1, -0.05) is 6.92 Å². The van der Waals surface area contributed by atoms with E-state index in [1.165, 1.54) is 11.1 Å². The molecule has 1 aromatic carbocycles. The molecule has 0 bridgehead atoms. The molecular weight excluding hydrogens is 218 g/mol. The van der Waals surface area contributed by atoms with Gasteiger partial charge in [0.05, 0.1) is 26.6 Å². The third-order valence-corrected chi connectivity index (χ3v) is 4.05. The van der Waals surface area contributed by atoms with Gasteiger partial charge in [0.1, 0.15) is 0 Å². The molecular formula is C12H15N3S. The van der Waals surface area contributed by atoms with Crippen molar-refractivity contribution in [2.45, 2.75) is 26.3 Å². The quantitative estimate of drug-likeness (QED) is 0.784. The van der Waals surface area contributed by atoms with Crippen molar-refractivity contribution in [1.29, 1.82) is 0 Å². The maximum atomic E-state index is 6.03. The first-order valence-corrected chi connectivity index (χ1v) is 6.38. The number of anilines is 2. The standard InChI is InChI=1S/C12H15N3S/c1-6-3-9(6)15-10-5-11-12(4-8(10)13)16-7(2)14-11/h4-6,9,15H,3,13H2,1-2H3. The third kappa shape index (κ3) is 1.63. The number of hydrogen-bond acceptors (Lipinski definition) is 4. The number of aryl methyl sites for hydroxylation is 1. The Morgan fingerprint density at radius 2 is 2.25 bits per heavy atom. The molecule has 0 aliphatic heterocycles. The number of hydrogen-bond donors (Lipinski definition) is 2. The Morgan fingerprint density at radius 1 is 1.50 bits per heavy atom. The molecule has 84 valence electrons. The van der Waals surface area contributed by atoms with Crippen molar-refractivity contribution in [2.75, 3.05) is 11.1 Å². The zero-order valence-electron chi connectivity index (χ0n) is 9.45. The number of nitrogens with two attached hydrogens (primary N) is 1. The number of fused-ring (bicyclic) bond motifs is 1. The van der Waals surface area contributed by atoms with Gasteiger partial charge in [-0.3, -0.25) is 0 Å². The van der Waals surface area contributed by atoms with Gasteiger partial charge >= 0.3 is 0 Å². The minimum absolute atomic E-state index is 0.597. The predicted molar refractivity (Wildman–Crippen MR) is 70.0 cm³/mol. The second-order valence-corrected chi connectivity index (χ2v) is 5.84. The fourth-order valence-electron chi connectivity index (χ4n) is 1.95. The molecule has 1 aromatic heterocycles. The van der Waals surface area contributed by atoms with Gasteiger partial charge in [-0.05, 0) is 31.4 Å². The molecule has 3 nitrogen and oxygen atoms in total. The van der Waals surface area contributed by atoms with Crippen LogP contribution in [0.5, 0.6) is 0 Å². The van der Waals surface area contributed by atoms with E-state index >= 15 is 0 Å². The number of aromatic nitrogens is 1. The predicted octanol–water partition coefficient (Wildman–Crippen LogP) is 3.01. The van der Waals surface area contributed by atoms with Gasteiger partial charge in [0.2, 0.25) is 0 Å². The number of nitrogens with zero attached hydrogens (tertiary/aromatic N) is 1. The molecule has 2 aromatic rings. The van der Waals surface area contributed by atoms with Crippen LogP contribution in [0.2, 0.25) is 0 Å². The first-order valence-electron chi connectivity index (χ1n) is 5.56. The van der Waals surface area contributed by atoms with E-state index in [2.05, 4.69) is 23.3 Å². The fraction of sp³-hybridized carbons (Fsp3) is 0.417. The summed E-state index contributed by atoms with van der Waals surface area (Å²) in [7, 11) is 0. The van der Waals surface area contributed by atoms with Gasteiger partial charge in [0.15, 0.2) is 0 Å². The third-order valence-electron chi connectivity index (χ3n) is 3.12. The second kappa shape index (κ2) is 3.35. The van der Waals surface area contributed by atoms with Crippen molar-refractivity contribution >= 4 is 32.9 Å². The van der Waals surface area contributed by atoms with E-state index < -0.39 is 0 Å². The highest BCUT2D eigenvalue weighted by Gasteiger charge is 2.32. The number of benzene rings is 1. The van der Waals surface area contributed by atoms with Crippen LogP contribution in [0.4, 0.5) is 11.4 Å². The van der Waals surface area contributed by atoms with E-state index in [0.717, 1.165) is 27.8 Å². The average Bonchev–Trinajstić information content (AvgIpc) is 2.76. The van der Waals surface area contributed by atoms with Crippen LogP contribution in [0.25, 0.3) is 10.2 Å². The Hall–Kier alpha value is -1.29. The van der Waals surface area contributed by atoms with Crippen molar-refractivity contribution in [3.63, 3.8) is 0 Å². The summed E-state index contributed by atoms with van der Waals surface area (Å²) in [6.45, 7) is 4.27. The molecule has 1 heterocycles. The smallest absolute Gasteiger partial charge is 0.0907 e. The Balaban J connectivity index is 2.00. The molecule has 1 aliphatic carbocycles. The summed E-state index contributed by atoms with van der Waals surface area (Å²) in [6, 6.07) is 4.69. The van der Waals surface area contributed by atoms with Gasteiger partial charge < -0.3 is 11.1 Å². The highest BCUT2D eigenvalue weighted by molar-refractivity contribution is 7.18. The van der Waals surface area contributed by atoms with Crippen LogP contribution in [0.15, 0.2) is 12.1 Å². The highest BCUT2D eigenvalue weighted by Crippen LogP contribution is 2.36. The summed E-state index contributed by atoms with van der Waals surface area (Å²) in [6.07, 6.45) is 1.24. The normalized spacial score (nSPS) is 23.6. The molecule has 16 heavy (non-hydrogen) atoms. The van der Waals surface area contributed by atoms with Crippen molar-refractivity contribution in [3.05, 3.63) is 17.1 Å². The minimum Gasteiger partial charge on any atom is -0.397 e. The first kappa shape index (κ1) is 9.90. The molecule has 1 aliphatic rings. The number of nitrogens with one attached hydrogen (secondary N) is 1. The SMILES string of the molecule is Cc1nc2cc(NC3CC3C)c(N)cc2s1. The van der Waals surface area contributed by atoms with E-state index in [1.807, 2.05) is 13.0 Å². The molecule has 3 rings (SSSR count). The average molecular weight is 233 g/mol. The lowest BCUT2D eigenvalue weighted by atomic mass is 10.2. The Morgan fingerprint density at radius 3 is 2.94 bits per heavy atom. The van der Waals surface area contributed by atoms with E-state index in [4.69, 9.17) is 5.73 Å². The largest absolute Gasteiger partial charge is 0.397 e. The molecule has 0 radical (unpaired) electrons. The molecule has 0 saturated heterocycles. The molecule has 2 atom stereocenters. The Kier molecular flexibility index (Phi) is 2.07. The topological polar surface area (TPSA) is 50.9 Å². The Labute approximate surface area is 98.7 Å². The zero-order valence-corrected chi connectivity index (χ0v) is 10.3. The van der Waals surface area contributed by atoms with Gasteiger partial charge in [0.25, 0.3) is 0 Å². The van der Waals surface area contributed by atoms with E-state index in [9.17, 15) is 0 Å². The van der Waals surface area contributed by atoms with Crippen LogP contribution in [0.1, 0.15) is 18.4 Å². The summed E-state index contributed by atoms with van der Waals surface area (Å²) in [5.41, 5.74) is 8.95. The van der Waals surface area contributed by atoms with Crippen molar-refractivity contribution in [2.24, 2.45) is 5.92 Å². The van der Waals surface area contributed by atoms with Gasteiger partial charge in [-0.15, -0.1) is 11.3 Å². The monoisotopic (exact) mass is 233 g/mol. The molecule has 4 heteroatoms. The van der Waals surface area contributed by atoms with Crippen LogP contribution in [-0.4, -0.2) is 11.0 Å². The molecule has 3 N–H and O–H groups in total. The maximum Gasteiger partial charge on any atom is 0.0907 e. The lowest BCUT2D eigenvalue weighted by Crippen LogP contribution is -2.05. The summed E-state index contributed by atoms with van der Waals surface area (Å²) < 4.78 is 1.17. The summed E-state index contributed by atoms with van der Waals surface area (Å²) in [5, 5.41) is 4.56. The zero-order chi connectivity index (χ0) is 11.3. The Bertz CT molecular complexity index is 546. The van der Waals surface area contributed by atoms with Gasteiger partial charge in [-0.2, -0.15) is 0 Å².